The summed E-state index contributed by atoms with van der Waals surface area (Å²) in [4.78, 5) is 123. The van der Waals surface area contributed by atoms with Crippen molar-refractivity contribution >= 4 is 97.5 Å². The van der Waals surface area contributed by atoms with Gasteiger partial charge in [-0.05, 0) is 108 Å². The number of amides is 4. The predicted molar refractivity (Wildman–Crippen MR) is 433 cm³/mol. The number of aromatic nitrogens is 3. The zero-order valence-electron chi connectivity index (χ0n) is 60.3. The second kappa shape index (κ2) is 47.0. The van der Waals surface area contributed by atoms with Crippen LogP contribution in [0.25, 0.3) is 0 Å². The molecule has 35 heteroatoms. The molecule has 0 spiro atoms. The Morgan fingerprint density at radius 1 is 0.441 bits per heavy atom. The summed E-state index contributed by atoms with van der Waals surface area (Å²) in [6, 6.07) is 62.2. The number of esters is 1. The van der Waals surface area contributed by atoms with Crippen LogP contribution >= 0.6 is 28.9 Å². The Balaban J connectivity index is 0.000000275. The largest absolute Gasteiger partial charge is 0.477 e. The minimum atomic E-state index is -2.43. The third-order valence-electron chi connectivity index (χ3n) is 16.2. The molecular weight excluding hydrogens is 1480 g/mol. The molecule has 3 aromatic heterocycles. The summed E-state index contributed by atoms with van der Waals surface area (Å²) in [6.45, 7) is 0.776. The Hall–Kier alpha value is -12.1. The number of carboxylic acid groups (broad SMARTS) is 1. The molecule has 0 saturated heterocycles. The third kappa shape index (κ3) is 28.8. The van der Waals surface area contributed by atoms with Crippen molar-refractivity contribution in [2.75, 3.05) is 26.7 Å². The van der Waals surface area contributed by atoms with E-state index in [0.29, 0.717) is 32.2 Å². The number of nitrogens with zero attached hydrogens (tertiary/aromatic N) is 6. The number of hydrogen-bond acceptors (Lipinski definition) is 14. The molecule has 578 valence electrons. The lowest BCUT2D eigenvalue weighted by Crippen LogP contribution is -2.46. The molecule has 9 rings (SSSR count). The first-order valence-electron chi connectivity index (χ1n) is 34.1. The lowest BCUT2D eigenvalue weighted by molar-refractivity contribution is -0.142. The second-order valence-corrected chi connectivity index (χ2v) is 25.7. The van der Waals surface area contributed by atoms with Crippen LogP contribution in [-0.4, -0.2) is 132 Å². The number of halogens is 3. The van der Waals surface area contributed by atoms with E-state index in [1.807, 2.05) is 182 Å². The van der Waals surface area contributed by atoms with E-state index in [2.05, 4.69) is 40.5 Å². The Morgan fingerprint density at radius 3 is 0.973 bits per heavy atom. The number of carbonyl (C=O) groups is 6. The second-order valence-electron chi connectivity index (χ2n) is 24.0. The average Bonchev–Trinajstić information content (AvgIpc) is 0.803. The lowest BCUT2D eigenvalue weighted by atomic mass is 9.98. The number of rotatable bonds is 31. The molecule has 19 N–H and O–H groups in total. The van der Waals surface area contributed by atoms with Gasteiger partial charge >= 0.3 is 11.9 Å². The van der Waals surface area contributed by atoms with E-state index in [4.69, 9.17) is 55.3 Å². The minimum absolute atomic E-state index is 0. The van der Waals surface area contributed by atoms with Crippen molar-refractivity contribution < 1.29 is 47.0 Å². The van der Waals surface area contributed by atoms with Gasteiger partial charge in [0.2, 0.25) is 11.8 Å². The number of ether oxygens (including phenoxy) is 1. The van der Waals surface area contributed by atoms with Crippen LogP contribution in [0.5, 0.6) is 0 Å². The maximum Gasteiger partial charge on any atom is 0.341 e. The molecule has 2 unspecified atom stereocenters. The summed E-state index contributed by atoms with van der Waals surface area (Å²) < 4.78 is 33.9. The van der Waals surface area contributed by atoms with Crippen molar-refractivity contribution in [3.05, 3.63) is 318 Å². The van der Waals surface area contributed by atoms with Gasteiger partial charge in [-0.2, -0.15) is 0 Å². The lowest BCUT2D eigenvalue weighted by Gasteiger charge is -2.22. The highest BCUT2D eigenvalue weighted by Crippen LogP contribution is 2.29. The summed E-state index contributed by atoms with van der Waals surface area (Å²) >= 11 is 0. The number of hydrogen-bond donors (Lipinski definition) is 12. The van der Waals surface area contributed by atoms with Gasteiger partial charge in [0.1, 0.15) is 51.3 Å². The number of primary amides is 2. The molecule has 4 radical (unpaired) electrons. The van der Waals surface area contributed by atoms with E-state index in [1.54, 1.807) is 36.8 Å². The highest BCUT2D eigenvalue weighted by Gasteiger charge is 2.27. The molecule has 0 aliphatic rings. The molecular formula is C76H86B2ClF2N17O11P2. The fraction of sp³-hybridized carbons (Fsp3) is 0.211. The maximum absolute atomic E-state index is 13.5. The number of pyridine rings is 3. The van der Waals surface area contributed by atoms with Gasteiger partial charge in [0.25, 0.3) is 28.5 Å². The Kier molecular flexibility index (Phi) is 37.9. The van der Waals surface area contributed by atoms with Crippen LogP contribution in [0, 0.1) is 0 Å². The van der Waals surface area contributed by atoms with Crippen molar-refractivity contribution in [1.29, 1.82) is 0 Å². The summed E-state index contributed by atoms with van der Waals surface area (Å²) in [5, 5.41) is 18.6. The number of methoxy groups -OCH3 is 1. The number of nitrogens with one attached hydrogen (secondary N) is 4. The van der Waals surface area contributed by atoms with Crippen molar-refractivity contribution in [3.8, 4) is 0 Å². The molecule has 5 atom stereocenters. The normalized spacial score (nSPS) is 12.3. The number of nitrogens with two attached hydrogens (primary N) is 7. The van der Waals surface area contributed by atoms with E-state index >= 15 is 0 Å². The van der Waals surface area contributed by atoms with Crippen molar-refractivity contribution in [2.45, 2.75) is 74.8 Å². The van der Waals surface area contributed by atoms with E-state index in [1.165, 1.54) is 39.0 Å². The summed E-state index contributed by atoms with van der Waals surface area (Å²) in [6.07, 6.45) is 6.98. The Labute approximate surface area is 650 Å². The first kappa shape index (κ1) is 89.5. The number of benzene rings is 6. The summed E-state index contributed by atoms with van der Waals surface area (Å²) in [7, 11) is 6.39. The predicted octanol–water partition coefficient (Wildman–Crippen LogP) is 6.38. The molecule has 0 fully saturated rings. The molecule has 0 saturated carbocycles. The number of guanidine groups is 3. The summed E-state index contributed by atoms with van der Waals surface area (Å²) in [5.74, 6) is -4.83. The monoisotopic (exact) mass is 1570 g/mol. The maximum atomic E-state index is 13.5. The van der Waals surface area contributed by atoms with Crippen LogP contribution in [0.4, 0.5) is 8.39 Å². The molecule has 6 aromatic carbocycles. The SMILES string of the molecule is Cl.NC(=O)[C@H](CCCN=C(N)N)NC(=O)c1cccn(C(c2ccccc2)c2ccccc2)c1=O.O=C(O)c1cccn(C(c2ccccc2)c2ccccc2)c1=O.[B]P(F)NC(N)=NCCC[C@H](N)C(=O)OC.[B]P(F)NC(N)=NCCC[C@H](NC(=O)c1cccn(C(c2ccccc2)c2ccccc2)c1=O)C(N)=O. The Morgan fingerprint density at radius 2 is 0.712 bits per heavy atom. The van der Waals surface area contributed by atoms with Gasteiger partial charge in [-0.25, -0.2) is 13.2 Å². The quantitative estimate of drug-likeness (QED) is 0.00559. The van der Waals surface area contributed by atoms with E-state index < -0.39 is 99.0 Å². The first-order chi connectivity index (χ1) is 52.8. The Bertz CT molecular complexity index is 4620. The minimum Gasteiger partial charge on any atom is -0.477 e. The number of carboxylic acids is 1. The van der Waals surface area contributed by atoms with E-state index in [-0.39, 0.29) is 78.9 Å². The van der Waals surface area contributed by atoms with Crippen molar-refractivity contribution in [3.63, 3.8) is 0 Å². The smallest absolute Gasteiger partial charge is 0.341 e. The number of carbonyl (C=O) groups excluding carboxylic acids is 5. The van der Waals surface area contributed by atoms with Gasteiger partial charge in [-0.15, -0.1) is 12.4 Å². The van der Waals surface area contributed by atoms with Gasteiger partial charge in [-0.3, -0.25) is 53.3 Å². The highest BCUT2D eigenvalue weighted by molar-refractivity contribution is 7.77. The van der Waals surface area contributed by atoms with Gasteiger partial charge in [0.15, 0.2) is 33.0 Å². The number of aliphatic imine (C=N–C) groups is 3. The van der Waals surface area contributed by atoms with Crippen LogP contribution in [0.15, 0.2) is 266 Å². The highest BCUT2D eigenvalue weighted by atomic mass is 35.5. The van der Waals surface area contributed by atoms with Crippen LogP contribution in [-0.2, 0) is 19.1 Å². The van der Waals surface area contributed by atoms with Gasteiger partial charge in [0, 0.05) is 38.2 Å². The fourth-order valence-corrected chi connectivity index (χ4v) is 11.7. The van der Waals surface area contributed by atoms with Crippen LogP contribution in [0.3, 0.4) is 0 Å². The van der Waals surface area contributed by atoms with Gasteiger partial charge < -0.3 is 84.5 Å². The van der Waals surface area contributed by atoms with Gasteiger partial charge in [-0.1, -0.05) is 182 Å². The van der Waals surface area contributed by atoms with Crippen molar-refractivity contribution in [1.82, 2.24) is 34.5 Å². The van der Waals surface area contributed by atoms with Crippen LogP contribution in [0.2, 0.25) is 0 Å². The molecule has 0 aliphatic heterocycles. The fourth-order valence-electron chi connectivity index (χ4n) is 11.1. The molecule has 4 amide bonds. The molecule has 0 aliphatic carbocycles. The average molecular weight is 1570 g/mol. The molecule has 0 bridgehead atoms. The standard InChI is InChI=1S/C25H27BFN6O3P.C25H28N6O3.C19H15NO3.C7H15BFN4O2P.ClH/c26-37(27)32-25(29)30-15-7-14-20(22(28)34)31-23(35)19-13-8-16-33(24(19)36)21(17-9-3-1-4-10-17)18-11-5-2-6-12-18;26-22(32)20(14-7-15-29-25(27)28)30-23(33)19-13-8-16-31(24(19)34)21(17-9-3-1-4-10-17)18-11-5-2-6-12-18;21-18-16(19(22)23)12-7-13-20(18)17(14-8-3-1-4-9-14)15-10-5-2-6-11-15;1-15-6(14)5(10)3-2-4-12-7(11)13-16(8)9;/h1-6,8-13,16,20-21H,7,14-15H2,(H2,28,34)(H,31,35)(H3,29,30,32);1-6,8-13,16,20-21H,7,14-15H2,(H2,26,32)(H,30,33)(H4,27,28,29);1-13,17H,(H,22,23);5H,2-4,10H2,1H3,(H3,11,12,13);1H/t20-,37?;20-;;5-,16?;/m00.0./s1. The van der Waals surface area contributed by atoms with E-state index in [9.17, 15) is 56.7 Å². The number of aromatic carboxylic acids is 1. The molecule has 3 heterocycles. The van der Waals surface area contributed by atoms with Crippen LogP contribution < -0.4 is 77.6 Å². The zero-order valence-corrected chi connectivity index (χ0v) is 62.9. The van der Waals surface area contributed by atoms with Crippen LogP contribution in [0.1, 0.15) is 121 Å². The van der Waals surface area contributed by atoms with Crippen molar-refractivity contribution in [2.24, 2.45) is 55.1 Å². The van der Waals surface area contributed by atoms with Gasteiger partial charge in [0.05, 0.1) is 25.2 Å². The molecule has 28 nitrogen and oxygen atoms in total. The molecule has 111 heavy (non-hydrogen) atoms. The summed E-state index contributed by atoms with van der Waals surface area (Å²) in [5.41, 5.74) is 41.1. The first-order valence-corrected chi connectivity index (χ1v) is 36.7. The topological polar surface area (TPSA) is 465 Å². The molecule has 9 aromatic rings. The zero-order chi connectivity index (χ0) is 80.1. The third-order valence-corrected chi connectivity index (χ3v) is 17.1. The van der Waals surface area contributed by atoms with E-state index in [0.717, 1.165) is 33.4 Å².